The van der Waals surface area contributed by atoms with Crippen LogP contribution in [0.4, 0.5) is 17.1 Å². The van der Waals surface area contributed by atoms with Gasteiger partial charge in [-0.1, -0.05) is 41.9 Å². The predicted molar refractivity (Wildman–Crippen MR) is 143 cm³/mol. The lowest BCUT2D eigenvalue weighted by molar-refractivity contribution is 0.102. The Morgan fingerprint density at radius 2 is 1.78 bits per heavy atom. The molecule has 3 heterocycles. The Kier molecular flexibility index (Phi) is 5.71. The van der Waals surface area contributed by atoms with Crippen molar-refractivity contribution in [1.29, 1.82) is 0 Å². The van der Waals surface area contributed by atoms with Gasteiger partial charge in [0.15, 0.2) is 10.9 Å². The molecule has 36 heavy (non-hydrogen) atoms. The van der Waals surface area contributed by atoms with E-state index < -0.39 is 0 Å². The lowest BCUT2D eigenvalue weighted by Gasteiger charge is -2.13. The zero-order valence-electron chi connectivity index (χ0n) is 19.2. The molecule has 2 N–H and O–H groups in total. The molecule has 0 bridgehead atoms. The molecule has 0 spiro atoms. The summed E-state index contributed by atoms with van der Waals surface area (Å²) < 4.78 is 5.77. The maximum atomic E-state index is 13.1. The summed E-state index contributed by atoms with van der Waals surface area (Å²) in [7, 11) is 0. The topological polar surface area (TPSA) is 76.1 Å². The highest BCUT2D eigenvalue weighted by molar-refractivity contribution is 6.30. The molecular formula is C29H21ClN4O2. The van der Waals surface area contributed by atoms with Crippen molar-refractivity contribution in [2.75, 3.05) is 17.2 Å². The smallest absolute Gasteiger partial charge is 0.257 e. The van der Waals surface area contributed by atoms with Crippen LogP contribution in [-0.4, -0.2) is 22.5 Å². The fourth-order valence-electron chi connectivity index (χ4n) is 4.44. The molecule has 5 aromatic rings. The molecule has 176 valence electrons. The maximum Gasteiger partial charge on any atom is 0.257 e. The molecule has 0 radical (unpaired) electrons. The van der Waals surface area contributed by atoms with Gasteiger partial charge in [-0.25, -0.2) is 4.98 Å². The van der Waals surface area contributed by atoms with E-state index >= 15 is 0 Å². The monoisotopic (exact) mass is 492 g/mol. The number of pyridine rings is 2. The Hall–Kier alpha value is -4.42. The van der Waals surface area contributed by atoms with Crippen LogP contribution in [0.25, 0.3) is 21.9 Å². The first-order valence-corrected chi connectivity index (χ1v) is 12.0. The van der Waals surface area contributed by atoms with Gasteiger partial charge in [0, 0.05) is 30.4 Å². The van der Waals surface area contributed by atoms with Gasteiger partial charge in [0.05, 0.1) is 29.2 Å². The molecule has 1 amide bonds. The Bertz CT molecular complexity index is 1610. The summed E-state index contributed by atoms with van der Waals surface area (Å²) in [6.07, 6.45) is 5.93. The van der Waals surface area contributed by atoms with E-state index in [1.807, 2.05) is 60.8 Å². The van der Waals surface area contributed by atoms with Gasteiger partial charge in [-0.15, -0.1) is 0 Å². The largest absolute Gasteiger partial charge is 0.490 e. The second kappa shape index (κ2) is 9.32. The highest BCUT2D eigenvalue weighted by atomic mass is 35.5. The number of rotatable bonds is 5. The predicted octanol–water partition coefficient (Wildman–Crippen LogP) is 6.88. The second-order valence-corrected chi connectivity index (χ2v) is 8.87. The number of hydrogen-bond acceptors (Lipinski definition) is 5. The lowest BCUT2D eigenvalue weighted by Crippen LogP contribution is -2.11. The summed E-state index contributed by atoms with van der Waals surface area (Å²) in [6, 6.07) is 23.6. The number of benzene rings is 3. The molecule has 1 aliphatic heterocycles. The number of nitrogens with one attached hydrogen (secondary N) is 2. The van der Waals surface area contributed by atoms with Crippen LogP contribution in [0.5, 0.6) is 5.75 Å². The lowest BCUT2D eigenvalue weighted by atomic mass is 9.97. The number of carbonyl (C=O) groups is 1. The molecular weight excluding hydrogens is 472 g/mol. The zero-order chi connectivity index (χ0) is 24.5. The van der Waals surface area contributed by atoms with Gasteiger partial charge in [-0.3, -0.25) is 9.78 Å². The molecule has 2 aromatic heterocycles. The van der Waals surface area contributed by atoms with Crippen molar-refractivity contribution in [3.05, 3.63) is 108 Å². The molecule has 6 nitrogen and oxygen atoms in total. The zero-order valence-corrected chi connectivity index (χ0v) is 19.9. The van der Waals surface area contributed by atoms with E-state index in [9.17, 15) is 4.79 Å². The summed E-state index contributed by atoms with van der Waals surface area (Å²) in [4.78, 5) is 21.3. The van der Waals surface area contributed by atoms with Crippen molar-refractivity contribution in [2.45, 2.75) is 6.42 Å². The van der Waals surface area contributed by atoms with Crippen LogP contribution in [0, 0.1) is 0 Å². The van der Waals surface area contributed by atoms with Crippen LogP contribution in [0.15, 0.2) is 91.4 Å². The van der Waals surface area contributed by atoms with Gasteiger partial charge >= 0.3 is 0 Å². The van der Waals surface area contributed by atoms with Crippen molar-refractivity contribution in [3.8, 4) is 16.9 Å². The number of hydrogen-bond donors (Lipinski definition) is 2. The standard InChI is InChI=1S/C29H21ClN4O2/c30-28-27(5-2-12-32-28)36-14-11-18-6-9-24-26(15-18)34-29(35)23-8-7-19(16-25(23)33-24)21-4-1-3-20-17-31-13-10-22(20)21/h1-10,12-13,15-17,33H,11,14H2,(H,34,35). The summed E-state index contributed by atoms with van der Waals surface area (Å²) in [6.45, 7) is 0.440. The molecule has 0 saturated carbocycles. The van der Waals surface area contributed by atoms with E-state index in [2.05, 4.69) is 26.7 Å². The van der Waals surface area contributed by atoms with Crippen molar-refractivity contribution in [2.24, 2.45) is 0 Å². The Morgan fingerprint density at radius 3 is 2.69 bits per heavy atom. The molecule has 1 aliphatic rings. The fraction of sp³-hybridized carbons (Fsp3) is 0.0690. The van der Waals surface area contributed by atoms with E-state index in [-0.39, 0.29) is 5.91 Å². The van der Waals surface area contributed by atoms with E-state index in [1.54, 1.807) is 24.5 Å². The molecule has 3 aromatic carbocycles. The first kappa shape index (κ1) is 22.1. The third kappa shape index (κ3) is 4.23. The highest BCUT2D eigenvalue weighted by Crippen LogP contribution is 2.36. The number of fused-ring (bicyclic) bond motifs is 3. The summed E-state index contributed by atoms with van der Waals surface area (Å²) in [5.41, 5.74) is 6.06. The summed E-state index contributed by atoms with van der Waals surface area (Å²) >= 11 is 6.06. The van der Waals surface area contributed by atoms with E-state index in [1.165, 1.54) is 0 Å². The fourth-order valence-corrected chi connectivity index (χ4v) is 4.61. The van der Waals surface area contributed by atoms with Crippen LogP contribution in [-0.2, 0) is 6.42 Å². The number of halogens is 1. The summed E-state index contributed by atoms with van der Waals surface area (Å²) in [5.74, 6) is 0.401. The normalized spacial score (nSPS) is 12.2. The van der Waals surface area contributed by atoms with Gasteiger partial charge in [0.2, 0.25) is 0 Å². The first-order valence-electron chi connectivity index (χ1n) is 11.6. The molecule has 0 atom stereocenters. The number of aromatic nitrogens is 2. The second-order valence-electron chi connectivity index (χ2n) is 8.51. The van der Waals surface area contributed by atoms with Crippen LogP contribution in [0.1, 0.15) is 15.9 Å². The van der Waals surface area contributed by atoms with Crippen LogP contribution in [0.2, 0.25) is 5.15 Å². The average Bonchev–Trinajstić information content (AvgIpc) is 3.04. The van der Waals surface area contributed by atoms with Gasteiger partial charge in [0.1, 0.15) is 0 Å². The summed E-state index contributed by atoms with van der Waals surface area (Å²) in [5, 5.41) is 9.03. The first-order chi connectivity index (χ1) is 17.7. The third-order valence-electron chi connectivity index (χ3n) is 6.23. The minimum atomic E-state index is -0.152. The number of carbonyl (C=O) groups excluding carboxylic acids is 1. The number of nitrogens with zero attached hydrogens (tertiary/aromatic N) is 2. The number of amides is 1. The minimum Gasteiger partial charge on any atom is -0.490 e. The van der Waals surface area contributed by atoms with Crippen molar-refractivity contribution in [1.82, 2.24) is 9.97 Å². The number of ether oxygens (including phenoxy) is 1. The maximum absolute atomic E-state index is 13.1. The van der Waals surface area contributed by atoms with Crippen LogP contribution >= 0.6 is 11.6 Å². The van der Waals surface area contributed by atoms with Crippen molar-refractivity contribution < 1.29 is 9.53 Å². The quantitative estimate of drug-likeness (QED) is 0.261. The van der Waals surface area contributed by atoms with Crippen LogP contribution < -0.4 is 15.4 Å². The molecule has 0 fully saturated rings. The van der Waals surface area contributed by atoms with E-state index in [4.69, 9.17) is 16.3 Å². The van der Waals surface area contributed by atoms with Crippen molar-refractivity contribution in [3.63, 3.8) is 0 Å². The molecule has 0 unspecified atom stereocenters. The van der Waals surface area contributed by atoms with Crippen LogP contribution in [0.3, 0.4) is 0 Å². The molecule has 0 aliphatic carbocycles. The van der Waals surface area contributed by atoms with Gasteiger partial charge in [-0.2, -0.15) is 0 Å². The Morgan fingerprint density at radius 1 is 0.833 bits per heavy atom. The van der Waals surface area contributed by atoms with E-state index in [0.29, 0.717) is 29.5 Å². The van der Waals surface area contributed by atoms with Gasteiger partial charge in [-0.05, 0) is 64.5 Å². The Balaban J connectivity index is 1.26. The van der Waals surface area contributed by atoms with Gasteiger partial charge < -0.3 is 15.4 Å². The number of anilines is 3. The SMILES string of the molecule is O=C1Nc2cc(CCOc3cccnc3Cl)ccc2Nc2cc(-c3cccc4cnccc34)ccc21. The molecule has 0 saturated heterocycles. The molecule has 7 heteroatoms. The molecule has 6 rings (SSSR count). The minimum absolute atomic E-state index is 0.152. The highest BCUT2D eigenvalue weighted by Gasteiger charge is 2.20. The van der Waals surface area contributed by atoms with Crippen molar-refractivity contribution >= 4 is 45.3 Å². The third-order valence-corrected chi connectivity index (χ3v) is 6.51. The average molecular weight is 493 g/mol. The van der Waals surface area contributed by atoms with E-state index in [0.717, 1.165) is 44.5 Å². The van der Waals surface area contributed by atoms with Gasteiger partial charge in [0.25, 0.3) is 5.91 Å². The Labute approximate surface area is 212 Å².